The van der Waals surface area contributed by atoms with Gasteiger partial charge in [0.25, 0.3) is 0 Å². The summed E-state index contributed by atoms with van der Waals surface area (Å²) in [5, 5.41) is 12.3. The van der Waals surface area contributed by atoms with Gasteiger partial charge in [-0.2, -0.15) is 0 Å². The molecule has 0 aromatic carbocycles. The van der Waals surface area contributed by atoms with Crippen LogP contribution in [0.25, 0.3) is 0 Å². The highest BCUT2D eigenvalue weighted by molar-refractivity contribution is 5.89. The molecule has 2 heterocycles. The minimum Gasteiger partial charge on any atom is -0.478 e. The third-order valence-electron chi connectivity index (χ3n) is 2.86. The zero-order chi connectivity index (χ0) is 10.7. The molecule has 0 saturated carbocycles. The highest BCUT2D eigenvalue weighted by Gasteiger charge is 2.20. The Hall–Kier alpha value is -1.42. The van der Waals surface area contributed by atoms with Crippen LogP contribution in [-0.2, 0) is 0 Å². The Labute approximate surface area is 88.3 Å². The fraction of sp³-hybridized carbons (Fsp3) is 0.455. The van der Waals surface area contributed by atoms with E-state index < -0.39 is 5.97 Å². The molecule has 1 aliphatic rings. The lowest BCUT2D eigenvalue weighted by Gasteiger charge is -2.23. The molecule has 15 heavy (non-hydrogen) atoms. The summed E-state index contributed by atoms with van der Waals surface area (Å²) in [7, 11) is 0. The van der Waals surface area contributed by atoms with Crippen molar-refractivity contribution in [3.63, 3.8) is 0 Å². The quantitative estimate of drug-likeness (QED) is 0.764. The summed E-state index contributed by atoms with van der Waals surface area (Å²) in [5.74, 6) is -0.517. The van der Waals surface area contributed by atoms with Crippen molar-refractivity contribution in [2.45, 2.75) is 18.8 Å². The Bertz CT molecular complexity index is 359. The number of aromatic nitrogens is 1. The molecule has 1 aromatic heterocycles. The summed E-state index contributed by atoms with van der Waals surface area (Å²) < 4.78 is 0. The van der Waals surface area contributed by atoms with Crippen LogP contribution in [0.15, 0.2) is 18.5 Å². The SMILES string of the molecule is O=C(O)c1cnccc1C1CCNCC1. The van der Waals surface area contributed by atoms with Gasteiger partial charge in [-0.1, -0.05) is 0 Å². The summed E-state index contributed by atoms with van der Waals surface area (Å²) in [5.41, 5.74) is 1.28. The fourth-order valence-corrected chi connectivity index (χ4v) is 2.07. The van der Waals surface area contributed by atoms with E-state index >= 15 is 0 Å². The molecule has 4 heteroatoms. The number of pyridine rings is 1. The average Bonchev–Trinajstić information content (AvgIpc) is 2.30. The molecule has 0 atom stereocenters. The van der Waals surface area contributed by atoms with Gasteiger partial charge < -0.3 is 10.4 Å². The summed E-state index contributed by atoms with van der Waals surface area (Å²) in [6.45, 7) is 1.93. The molecule has 0 bridgehead atoms. The third-order valence-corrected chi connectivity index (χ3v) is 2.86. The first-order valence-corrected chi connectivity index (χ1v) is 5.17. The van der Waals surface area contributed by atoms with Crippen molar-refractivity contribution in [1.82, 2.24) is 10.3 Å². The maximum Gasteiger partial charge on any atom is 0.337 e. The number of carbonyl (C=O) groups is 1. The highest BCUT2D eigenvalue weighted by atomic mass is 16.4. The number of carboxylic acids is 1. The van der Waals surface area contributed by atoms with E-state index in [2.05, 4.69) is 10.3 Å². The first kappa shape index (κ1) is 10.1. The molecule has 0 unspecified atom stereocenters. The van der Waals surface area contributed by atoms with Crippen LogP contribution in [0.1, 0.15) is 34.7 Å². The normalized spacial score (nSPS) is 17.6. The van der Waals surface area contributed by atoms with E-state index in [4.69, 9.17) is 5.11 Å². The maximum atomic E-state index is 11.0. The number of carboxylic acid groups (broad SMARTS) is 1. The van der Waals surface area contributed by atoms with Gasteiger partial charge in [0.2, 0.25) is 0 Å². The average molecular weight is 206 g/mol. The summed E-state index contributed by atoms with van der Waals surface area (Å²) in [6, 6.07) is 1.83. The minimum atomic E-state index is -0.878. The van der Waals surface area contributed by atoms with E-state index in [0.717, 1.165) is 31.5 Å². The van der Waals surface area contributed by atoms with Crippen molar-refractivity contribution in [1.29, 1.82) is 0 Å². The second-order valence-corrected chi connectivity index (χ2v) is 3.79. The van der Waals surface area contributed by atoms with E-state index in [1.165, 1.54) is 6.20 Å². The number of hydrogen-bond donors (Lipinski definition) is 2. The zero-order valence-corrected chi connectivity index (χ0v) is 8.44. The van der Waals surface area contributed by atoms with Gasteiger partial charge in [-0.3, -0.25) is 4.98 Å². The van der Waals surface area contributed by atoms with Gasteiger partial charge in [0.15, 0.2) is 0 Å². The second-order valence-electron chi connectivity index (χ2n) is 3.79. The van der Waals surface area contributed by atoms with Crippen molar-refractivity contribution < 1.29 is 9.90 Å². The summed E-state index contributed by atoms with van der Waals surface area (Å²) >= 11 is 0. The molecule has 2 rings (SSSR count). The van der Waals surface area contributed by atoms with Gasteiger partial charge in [-0.05, 0) is 43.5 Å². The Morgan fingerprint density at radius 1 is 1.47 bits per heavy atom. The Kier molecular flexibility index (Phi) is 2.97. The Balaban J connectivity index is 2.29. The van der Waals surface area contributed by atoms with E-state index in [-0.39, 0.29) is 0 Å². The van der Waals surface area contributed by atoms with Gasteiger partial charge >= 0.3 is 5.97 Å². The molecule has 0 aliphatic carbocycles. The number of hydrogen-bond acceptors (Lipinski definition) is 3. The molecular weight excluding hydrogens is 192 g/mol. The fourth-order valence-electron chi connectivity index (χ4n) is 2.07. The van der Waals surface area contributed by atoms with Gasteiger partial charge in [0, 0.05) is 12.4 Å². The predicted octanol–water partition coefficient (Wildman–Crippen LogP) is 1.25. The van der Waals surface area contributed by atoms with E-state index in [9.17, 15) is 4.79 Å². The molecule has 4 nitrogen and oxygen atoms in total. The minimum absolute atomic E-state index is 0.351. The largest absolute Gasteiger partial charge is 0.478 e. The number of nitrogens with one attached hydrogen (secondary N) is 1. The number of nitrogens with zero attached hydrogens (tertiary/aromatic N) is 1. The number of rotatable bonds is 2. The van der Waals surface area contributed by atoms with Gasteiger partial charge in [-0.25, -0.2) is 4.79 Å². The Morgan fingerprint density at radius 2 is 2.20 bits per heavy atom. The van der Waals surface area contributed by atoms with Crippen LogP contribution in [0.5, 0.6) is 0 Å². The molecule has 0 spiro atoms. The van der Waals surface area contributed by atoms with Crippen molar-refractivity contribution in [3.8, 4) is 0 Å². The molecular formula is C11H14N2O2. The molecule has 0 radical (unpaired) electrons. The molecule has 1 aliphatic heterocycles. The lowest BCUT2D eigenvalue weighted by molar-refractivity contribution is 0.0694. The number of piperidine rings is 1. The van der Waals surface area contributed by atoms with Gasteiger partial charge in [0.05, 0.1) is 5.56 Å². The van der Waals surface area contributed by atoms with Crippen LogP contribution in [0.3, 0.4) is 0 Å². The maximum absolute atomic E-state index is 11.0. The Morgan fingerprint density at radius 3 is 2.87 bits per heavy atom. The van der Waals surface area contributed by atoms with E-state index in [1.54, 1.807) is 6.20 Å². The second kappa shape index (κ2) is 4.40. The van der Waals surface area contributed by atoms with Crippen molar-refractivity contribution in [3.05, 3.63) is 29.6 Å². The van der Waals surface area contributed by atoms with Crippen molar-refractivity contribution in [2.75, 3.05) is 13.1 Å². The lowest BCUT2D eigenvalue weighted by Crippen LogP contribution is -2.27. The smallest absolute Gasteiger partial charge is 0.337 e. The van der Waals surface area contributed by atoms with Crippen LogP contribution in [0.4, 0.5) is 0 Å². The number of aromatic carboxylic acids is 1. The summed E-state index contributed by atoms with van der Waals surface area (Å²) in [6.07, 6.45) is 5.12. The third kappa shape index (κ3) is 2.15. The standard InChI is InChI=1S/C11H14N2O2/c14-11(15)10-7-13-6-3-9(10)8-1-4-12-5-2-8/h3,6-8,12H,1-2,4-5H2,(H,14,15). The molecule has 1 aromatic rings. The first-order valence-electron chi connectivity index (χ1n) is 5.17. The van der Waals surface area contributed by atoms with Crippen LogP contribution < -0.4 is 5.32 Å². The van der Waals surface area contributed by atoms with Crippen molar-refractivity contribution >= 4 is 5.97 Å². The van der Waals surface area contributed by atoms with Crippen LogP contribution in [0, 0.1) is 0 Å². The molecule has 0 amide bonds. The molecule has 80 valence electrons. The zero-order valence-electron chi connectivity index (χ0n) is 8.44. The van der Waals surface area contributed by atoms with Gasteiger partial charge in [0.1, 0.15) is 0 Å². The van der Waals surface area contributed by atoms with Crippen molar-refractivity contribution in [2.24, 2.45) is 0 Å². The monoisotopic (exact) mass is 206 g/mol. The first-order chi connectivity index (χ1) is 7.29. The topological polar surface area (TPSA) is 62.2 Å². The highest BCUT2D eigenvalue weighted by Crippen LogP contribution is 2.27. The van der Waals surface area contributed by atoms with Gasteiger partial charge in [-0.15, -0.1) is 0 Å². The molecule has 2 N–H and O–H groups in total. The lowest BCUT2D eigenvalue weighted by atomic mass is 9.88. The van der Waals surface area contributed by atoms with Crippen LogP contribution in [0.2, 0.25) is 0 Å². The van der Waals surface area contributed by atoms with E-state index in [1.807, 2.05) is 6.07 Å². The predicted molar refractivity (Wildman–Crippen MR) is 56.0 cm³/mol. The van der Waals surface area contributed by atoms with E-state index in [0.29, 0.717) is 11.5 Å². The molecule has 1 saturated heterocycles. The molecule has 1 fully saturated rings. The van der Waals surface area contributed by atoms with Crippen LogP contribution in [-0.4, -0.2) is 29.1 Å². The van der Waals surface area contributed by atoms with Crippen LogP contribution >= 0.6 is 0 Å². The summed E-state index contributed by atoms with van der Waals surface area (Å²) in [4.78, 5) is 14.9.